The van der Waals surface area contributed by atoms with Crippen molar-refractivity contribution in [2.24, 2.45) is 5.92 Å². The summed E-state index contributed by atoms with van der Waals surface area (Å²) in [6.45, 7) is 11.7. The standard InChI is InChI=1S/C15H26N2O3/c1-11(2)9-13-15(19)17(6-5-14(18)16-13)7-8-20-10-12(3)4/h11,13H,3,5-10H2,1-2,4H3,(H,16,18). The summed E-state index contributed by atoms with van der Waals surface area (Å²) < 4.78 is 5.43. The van der Waals surface area contributed by atoms with Gasteiger partial charge >= 0.3 is 0 Å². The molecule has 5 heteroatoms. The fourth-order valence-corrected chi connectivity index (χ4v) is 2.17. The van der Waals surface area contributed by atoms with Crippen LogP contribution in [0.15, 0.2) is 12.2 Å². The minimum absolute atomic E-state index is 0.00322. The molecule has 1 aliphatic rings. The van der Waals surface area contributed by atoms with Gasteiger partial charge in [0.2, 0.25) is 11.8 Å². The van der Waals surface area contributed by atoms with E-state index < -0.39 is 6.04 Å². The van der Waals surface area contributed by atoms with E-state index in [4.69, 9.17) is 4.74 Å². The molecule has 0 bridgehead atoms. The van der Waals surface area contributed by atoms with Crippen LogP contribution in [-0.4, -0.2) is 49.1 Å². The molecule has 1 aliphatic heterocycles. The van der Waals surface area contributed by atoms with E-state index in [1.165, 1.54) is 0 Å². The van der Waals surface area contributed by atoms with Crippen molar-refractivity contribution < 1.29 is 14.3 Å². The number of hydrogen-bond donors (Lipinski definition) is 1. The molecule has 0 radical (unpaired) electrons. The molecule has 0 aromatic rings. The van der Waals surface area contributed by atoms with Crippen molar-refractivity contribution in [3.05, 3.63) is 12.2 Å². The zero-order valence-corrected chi connectivity index (χ0v) is 12.8. The Morgan fingerprint density at radius 3 is 2.80 bits per heavy atom. The van der Waals surface area contributed by atoms with Crippen molar-refractivity contribution in [1.82, 2.24) is 10.2 Å². The Balaban J connectivity index is 2.53. The summed E-state index contributed by atoms with van der Waals surface area (Å²) in [5.74, 6) is 0.321. The van der Waals surface area contributed by atoms with Crippen LogP contribution < -0.4 is 5.32 Å². The summed E-state index contributed by atoms with van der Waals surface area (Å²) in [5.41, 5.74) is 0.960. The minimum Gasteiger partial charge on any atom is -0.375 e. The Morgan fingerprint density at radius 2 is 2.20 bits per heavy atom. The van der Waals surface area contributed by atoms with E-state index in [-0.39, 0.29) is 11.8 Å². The average molecular weight is 282 g/mol. The molecule has 2 amide bonds. The summed E-state index contributed by atoms with van der Waals surface area (Å²) in [6.07, 6.45) is 1.04. The highest BCUT2D eigenvalue weighted by Crippen LogP contribution is 2.11. The van der Waals surface area contributed by atoms with Crippen LogP contribution in [0.2, 0.25) is 0 Å². The number of nitrogens with one attached hydrogen (secondary N) is 1. The number of rotatable bonds is 7. The first-order valence-corrected chi connectivity index (χ1v) is 7.20. The predicted molar refractivity (Wildman–Crippen MR) is 78.2 cm³/mol. The zero-order valence-electron chi connectivity index (χ0n) is 12.8. The van der Waals surface area contributed by atoms with Crippen LogP contribution in [-0.2, 0) is 14.3 Å². The highest BCUT2D eigenvalue weighted by atomic mass is 16.5. The van der Waals surface area contributed by atoms with E-state index in [1.807, 2.05) is 20.8 Å². The fraction of sp³-hybridized carbons (Fsp3) is 0.733. The topological polar surface area (TPSA) is 58.6 Å². The van der Waals surface area contributed by atoms with Gasteiger partial charge in [-0.25, -0.2) is 0 Å². The lowest BCUT2D eigenvalue weighted by atomic mass is 10.0. The number of carbonyl (C=O) groups excluding carboxylic acids is 2. The molecule has 0 spiro atoms. The van der Waals surface area contributed by atoms with Crippen molar-refractivity contribution in [1.29, 1.82) is 0 Å². The summed E-state index contributed by atoms with van der Waals surface area (Å²) in [5, 5.41) is 2.81. The SMILES string of the molecule is C=C(C)COCCN1CCC(=O)NC(CC(C)C)C1=O. The predicted octanol–water partition coefficient (Wildman–Crippen LogP) is 1.34. The number of ether oxygens (including phenoxy) is 1. The summed E-state index contributed by atoms with van der Waals surface area (Å²) in [4.78, 5) is 25.8. The normalized spacial score (nSPS) is 20.0. The van der Waals surface area contributed by atoms with E-state index in [9.17, 15) is 9.59 Å². The average Bonchev–Trinajstić information content (AvgIpc) is 2.46. The Bertz CT molecular complexity index is 366. The van der Waals surface area contributed by atoms with Gasteiger partial charge in [0, 0.05) is 19.5 Å². The largest absolute Gasteiger partial charge is 0.375 e. The third-order valence-electron chi connectivity index (χ3n) is 3.11. The van der Waals surface area contributed by atoms with Gasteiger partial charge in [-0.1, -0.05) is 26.0 Å². The van der Waals surface area contributed by atoms with Gasteiger partial charge in [-0.2, -0.15) is 0 Å². The molecule has 0 aromatic carbocycles. The lowest BCUT2D eigenvalue weighted by molar-refractivity contribution is -0.134. The van der Waals surface area contributed by atoms with Crippen LogP contribution >= 0.6 is 0 Å². The highest BCUT2D eigenvalue weighted by Gasteiger charge is 2.29. The Morgan fingerprint density at radius 1 is 1.50 bits per heavy atom. The second-order valence-corrected chi connectivity index (χ2v) is 5.83. The molecule has 1 fully saturated rings. The molecule has 1 rings (SSSR count). The van der Waals surface area contributed by atoms with Crippen molar-refractivity contribution in [3.8, 4) is 0 Å². The molecule has 0 aromatic heterocycles. The molecule has 1 atom stereocenters. The van der Waals surface area contributed by atoms with Crippen molar-refractivity contribution in [2.45, 2.75) is 39.7 Å². The smallest absolute Gasteiger partial charge is 0.245 e. The van der Waals surface area contributed by atoms with E-state index in [0.29, 0.717) is 45.1 Å². The second-order valence-electron chi connectivity index (χ2n) is 5.83. The summed E-state index contributed by atoms with van der Waals surface area (Å²) in [7, 11) is 0. The molecule has 0 aliphatic carbocycles. The molecular formula is C15H26N2O3. The van der Waals surface area contributed by atoms with Crippen molar-refractivity contribution in [2.75, 3.05) is 26.3 Å². The Labute approximate surface area is 121 Å². The van der Waals surface area contributed by atoms with Crippen LogP contribution in [0, 0.1) is 5.92 Å². The Kier molecular flexibility index (Phi) is 6.71. The van der Waals surface area contributed by atoms with Gasteiger partial charge < -0.3 is 15.0 Å². The van der Waals surface area contributed by atoms with Crippen LogP contribution in [0.25, 0.3) is 0 Å². The molecular weight excluding hydrogens is 256 g/mol. The maximum absolute atomic E-state index is 12.4. The maximum Gasteiger partial charge on any atom is 0.245 e. The van der Waals surface area contributed by atoms with Gasteiger partial charge in [0.05, 0.1) is 13.2 Å². The summed E-state index contributed by atoms with van der Waals surface area (Å²) in [6, 6.07) is -0.397. The fourth-order valence-electron chi connectivity index (χ4n) is 2.17. The number of amides is 2. The van der Waals surface area contributed by atoms with E-state index in [1.54, 1.807) is 4.90 Å². The lowest BCUT2D eigenvalue weighted by Crippen LogP contribution is -2.46. The quantitative estimate of drug-likeness (QED) is 0.566. The van der Waals surface area contributed by atoms with Gasteiger partial charge in [0.25, 0.3) is 0 Å². The molecule has 5 nitrogen and oxygen atoms in total. The first kappa shape index (κ1) is 16.7. The molecule has 114 valence electrons. The maximum atomic E-state index is 12.4. The molecule has 1 saturated heterocycles. The zero-order chi connectivity index (χ0) is 15.1. The minimum atomic E-state index is -0.397. The van der Waals surface area contributed by atoms with Gasteiger partial charge in [-0.05, 0) is 19.3 Å². The summed E-state index contributed by atoms with van der Waals surface area (Å²) >= 11 is 0. The highest BCUT2D eigenvalue weighted by molar-refractivity contribution is 5.89. The second kappa shape index (κ2) is 8.04. The van der Waals surface area contributed by atoms with Crippen molar-refractivity contribution in [3.63, 3.8) is 0 Å². The lowest BCUT2D eigenvalue weighted by Gasteiger charge is -2.24. The van der Waals surface area contributed by atoms with Crippen LogP contribution in [0.1, 0.15) is 33.6 Å². The van der Waals surface area contributed by atoms with E-state index in [0.717, 1.165) is 5.57 Å². The number of carbonyl (C=O) groups is 2. The first-order valence-electron chi connectivity index (χ1n) is 7.20. The van der Waals surface area contributed by atoms with E-state index in [2.05, 4.69) is 11.9 Å². The monoisotopic (exact) mass is 282 g/mol. The van der Waals surface area contributed by atoms with Gasteiger partial charge in [0.15, 0.2) is 0 Å². The Hall–Kier alpha value is -1.36. The first-order chi connectivity index (χ1) is 9.40. The van der Waals surface area contributed by atoms with Crippen LogP contribution in [0.3, 0.4) is 0 Å². The van der Waals surface area contributed by atoms with Gasteiger partial charge in [-0.3, -0.25) is 9.59 Å². The molecule has 1 heterocycles. The third kappa shape index (κ3) is 5.74. The number of nitrogens with zero attached hydrogens (tertiary/aromatic N) is 1. The van der Waals surface area contributed by atoms with Crippen LogP contribution in [0.4, 0.5) is 0 Å². The third-order valence-corrected chi connectivity index (χ3v) is 3.11. The molecule has 20 heavy (non-hydrogen) atoms. The number of hydrogen-bond acceptors (Lipinski definition) is 3. The van der Waals surface area contributed by atoms with Crippen LogP contribution in [0.5, 0.6) is 0 Å². The van der Waals surface area contributed by atoms with Crippen molar-refractivity contribution >= 4 is 11.8 Å². The van der Waals surface area contributed by atoms with Gasteiger partial charge in [0.1, 0.15) is 6.04 Å². The van der Waals surface area contributed by atoms with E-state index >= 15 is 0 Å². The van der Waals surface area contributed by atoms with Gasteiger partial charge in [-0.15, -0.1) is 0 Å². The molecule has 0 saturated carbocycles. The molecule has 1 N–H and O–H groups in total. The molecule has 1 unspecified atom stereocenters.